The summed E-state index contributed by atoms with van der Waals surface area (Å²) < 4.78 is 11.5. The normalized spacial score (nSPS) is 33.7. The predicted octanol–water partition coefficient (Wildman–Crippen LogP) is 0.832. The lowest BCUT2D eigenvalue weighted by Crippen LogP contribution is -2.50. The molecule has 1 aromatic rings. The number of rotatable bonds is 4. The molecule has 0 saturated carbocycles. The molecule has 0 aromatic heterocycles. The molecular formula is C24H29NO9. The van der Waals surface area contributed by atoms with Crippen LogP contribution in [0.5, 0.6) is 5.75 Å². The third-order valence-electron chi connectivity index (χ3n) is 6.99. The minimum atomic E-state index is -1.63. The van der Waals surface area contributed by atoms with Crippen LogP contribution in [0.25, 0.3) is 0 Å². The topological polar surface area (TPSA) is 154 Å². The molecule has 0 radical (unpaired) electrons. The molecule has 7 atom stereocenters. The number of phenols is 1. The van der Waals surface area contributed by atoms with Gasteiger partial charge in [0.25, 0.3) is 0 Å². The number of ether oxygens (including phenoxy) is 2. The molecule has 10 heteroatoms. The number of fused-ring (bicyclic) bond motifs is 1. The maximum absolute atomic E-state index is 13.5. The van der Waals surface area contributed by atoms with Crippen molar-refractivity contribution in [3.63, 3.8) is 0 Å². The average molecular weight is 475 g/mol. The van der Waals surface area contributed by atoms with Gasteiger partial charge in [-0.3, -0.25) is 14.4 Å². The molecule has 184 valence electrons. The quantitative estimate of drug-likeness (QED) is 0.492. The Morgan fingerprint density at radius 1 is 1.09 bits per heavy atom. The average Bonchev–Trinajstić information content (AvgIpc) is 2.75. The minimum Gasteiger partial charge on any atom is -0.507 e. The van der Waals surface area contributed by atoms with Crippen molar-refractivity contribution in [2.45, 2.75) is 69.4 Å². The van der Waals surface area contributed by atoms with Crippen LogP contribution in [0.3, 0.4) is 0 Å². The molecule has 4 N–H and O–H groups in total. The van der Waals surface area contributed by atoms with Crippen molar-refractivity contribution in [2.75, 3.05) is 14.1 Å². The van der Waals surface area contributed by atoms with E-state index in [2.05, 4.69) is 0 Å². The van der Waals surface area contributed by atoms with Crippen molar-refractivity contribution in [3.8, 4) is 5.75 Å². The van der Waals surface area contributed by atoms with Crippen molar-refractivity contribution in [2.24, 2.45) is 0 Å². The van der Waals surface area contributed by atoms with Crippen LogP contribution in [-0.4, -0.2) is 93.5 Å². The Kier molecular flexibility index (Phi) is 6.38. The molecule has 34 heavy (non-hydrogen) atoms. The van der Waals surface area contributed by atoms with Crippen molar-refractivity contribution in [1.29, 1.82) is 0 Å². The summed E-state index contributed by atoms with van der Waals surface area (Å²) in [5, 5.41) is 41.5. The summed E-state index contributed by atoms with van der Waals surface area (Å²) in [6.45, 7) is 3.24. The molecule has 0 bridgehead atoms. The molecule has 0 unspecified atom stereocenters. The fourth-order valence-corrected chi connectivity index (χ4v) is 5.21. The molecule has 0 spiro atoms. The number of carboxylic acids is 1. The van der Waals surface area contributed by atoms with Crippen molar-refractivity contribution in [3.05, 3.63) is 40.0 Å². The smallest absolute Gasteiger partial charge is 0.306 e. The minimum absolute atomic E-state index is 0.0163. The maximum Gasteiger partial charge on any atom is 0.306 e. The second-order valence-corrected chi connectivity index (χ2v) is 9.36. The first kappa shape index (κ1) is 24.5. The zero-order valence-corrected chi connectivity index (χ0v) is 19.4. The van der Waals surface area contributed by atoms with Gasteiger partial charge < -0.3 is 34.8 Å². The molecule has 4 rings (SSSR count). The third kappa shape index (κ3) is 3.85. The summed E-state index contributed by atoms with van der Waals surface area (Å²) >= 11 is 0. The number of hydrogen-bond acceptors (Lipinski definition) is 9. The van der Waals surface area contributed by atoms with E-state index >= 15 is 0 Å². The number of Topliss-reactive ketones (excluding diaryl/α,β-unsaturated/α-hetero) is 2. The van der Waals surface area contributed by atoms with E-state index in [0.29, 0.717) is 12.0 Å². The number of benzene rings is 1. The molecule has 0 amide bonds. The van der Waals surface area contributed by atoms with E-state index in [1.807, 2.05) is 19.0 Å². The summed E-state index contributed by atoms with van der Waals surface area (Å²) in [6.07, 6.45) is -5.88. The summed E-state index contributed by atoms with van der Waals surface area (Å²) in [4.78, 5) is 39.8. The van der Waals surface area contributed by atoms with Gasteiger partial charge in [-0.05, 0) is 40.4 Å². The van der Waals surface area contributed by atoms with Crippen LogP contribution in [0.1, 0.15) is 59.1 Å². The fourth-order valence-electron chi connectivity index (χ4n) is 5.21. The SMILES string of the molecule is C[C@H]1O[C@H](CC(=O)O)[C@H](O)C2=C1C(=O)c1ccc([C@H]3C[C@H](N(C)C)[C@H](O)[C@@H](C)O3)c(O)c1C2=O. The van der Waals surface area contributed by atoms with E-state index in [-0.39, 0.29) is 28.3 Å². The van der Waals surface area contributed by atoms with Gasteiger partial charge in [0, 0.05) is 28.3 Å². The Bertz CT molecular complexity index is 1080. The number of aromatic hydroxyl groups is 1. The molecule has 1 fully saturated rings. The highest BCUT2D eigenvalue weighted by molar-refractivity contribution is 6.29. The Hall–Kier alpha value is -2.63. The molecule has 1 aromatic carbocycles. The Balaban J connectivity index is 1.76. The molecule has 3 aliphatic rings. The number of carbonyl (C=O) groups excluding carboxylic acids is 2. The van der Waals surface area contributed by atoms with Gasteiger partial charge in [-0.2, -0.15) is 0 Å². The van der Waals surface area contributed by atoms with Crippen molar-refractivity contribution < 1.29 is 44.3 Å². The van der Waals surface area contributed by atoms with Gasteiger partial charge in [-0.25, -0.2) is 0 Å². The largest absolute Gasteiger partial charge is 0.507 e. The lowest BCUT2D eigenvalue weighted by Gasteiger charge is -2.41. The number of aliphatic hydroxyl groups excluding tert-OH is 2. The number of likely N-dealkylation sites (N-methyl/N-ethyl adjacent to an activating group) is 1. The van der Waals surface area contributed by atoms with E-state index in [1.54, 1.807) is 6.92 Å². The number of aliphatic carboxylic acids is 1. The van der Waals surface area contributed by atoms with Gasteiger partial charge in [-0.15, -0.1) is 0 Å². The van der Waals surface area contributed by atoms with Crippen LogP contribution in [-0.2, 0) is 14.3 Å². The first-order valence-electron chi connectivity index (χ1n) is 11.2. The van der Waals surface area contributed by atoms with Crippen LogP contribution < -0.4 is 0 Å². The van der Waals surface area contributed by atoms with E-state index in [0.717, 1.165) is 0 Å². The zero-order valence-electron chi connectivity index (χ0n) is 19.4. The number of carbonyl (C=O) groups is 3. The predicted molar refractivity (Wildman–Crippen MR) is 118 cm³/mol. The first-order chi connectivity index (χ1) is 15.9. The molecule has 2 aliphatic heterocycles. The molecule has 2 heterocycles. The summed E-state index contributed by atoms with van der Waals surface area (Å²) in [6, 6.07) is 2.72. The van der Waals surface area contributed by atoms with Gasteiger partial charge in [0.15, 0.2) is 11.6 Å². The highest BCUT2D eigenvalue weighted by Gasteiger charge is 2.47. The van der Waals surface area contributed by atoms with Crippen LogP contribution in [0.4, 0.5) is 0 Å². The Labute approximate surface area is 196 Å². The number of carboxylic acid groups (broad SMARTS) is 1. The summed E-state index contributed by atoms with van der Waals surface area (Å²) in [5.41, 5.74) is -0.234. The van der Waals surface area contributed by atoms with Gasteiger partial charge >= 0.3 is 5.97 Å². The second-order valence-electron chi connectivity index (χ2n) is 9.36. The monoisotopic (exact) mass is 475 g/mol. The van der Waals surface area contributed by atoms with Crippen LogP contribution in [0, 0.1) is 0 Å². The molecule has 1 saturated heterocycles. The first-order valence-corrected chi connectivity index (χ1v) is 11.2. The Morgan fingerprint density at radius 3 is 2.38 bits per heavy atom. The van der Waals surface area contributed by atoms with E-state index in [4.69, 9.17) is 14.6 Å². The van der Waals surface area contributed by atoms with Gasteiger partial charge in [0.2, 0.25) is 0 Å². The lowest BCUT2D eigenvalue weighted by molar-refractivity contribution is -0.144. The number of ketones is 2. The zero-order chi connectivity index (χ0) is 25.1. The highest BCUT2D eigenvalue weighted by Crippen LogP contribution is 2.44. The van der Waals surface area contributed by atoms with Crippen LogP contribution in [0.15, 0.2) is 23.3 Å². The maximum atomic E-state index is 13.5. The Morgan fingerprint density at radius 2 is 1.76 bits per heavy atom. The molecular weight excluding hydrogens is 446 g/mol. The van der Waals surface area contributed by atoms with Gasteiger partial charge in [0.05, 0.1) is 42.5 Å². The standard InChI is InChI=1S/C24H29NO9/c1-9-17-19(23(31)15(33-9)8-16(26)27)24(32)18-12(22(17)30)6-5-11(21(18)29)14-7-13(25(3)4)20(28)10(2)34-14/h5-6,9-10,13-15,20,23,28-29,31H,7-8H2,1-4H3,(H,26,27)/t9-,10-,13+,14-,15-,20-,23+/m1/s1. The van der Waals surface area contributed by atoms with E-state index < -0.39 is 66.3 Å². The number of nitrogens with zero attached hydrogens (tertiary/aromatic N) is 1. The number of phenolic OH excluding ortho intramolecular Hbond substituents is 1. The molecule has 1 aliphatic carbocycles. The van der Waals surface area contributed by atoms with Crippen LogP contribution >= 0.6 is 0 Å². The van der Waals surface area contributed by atoms with Crippen LogP contribution in [0.2, 0.25) is 0 Å². The van der Waals surface area contributed by atoms with E-state index in [9.17, 15) is 29.7 Å². The summed E-state index contributed by atoms with van der Waals surface area (Å²) in [7, 11) is 3.65. The van der Waals surface area contributed by atoms with Gasteiger partial charge in [-0.1, -0.05) is 6.07 Å². The van der Waals surface area contributed by atoms with Crippen molar-refractivity contribution >= 4 is 17.5 Å². The third-order valence-corrected chi connectivity index (χ3v) is 6.99. The highest BCUT2D eigenvalue weighted by atomic mass is 16.5. The van der Waals surface area contributed by atoms with Gasteiger partial charge in [0.1, 0.15) is 11.9 Å². The fraction of sp³-hybridized carbons (Fsp3) is 0.542. The van der Waals surface area contributed by atoms with Crippen molar-refractivity contribution in [1.82, 2.24) is 4.90 Å². The number of hydrogen-bond donors (Lipinski definition) is 4. The lowest BCUT2D eigenvalue weighted by atomic mass is 9.75. The second kappa shape index (κ2) is 8.86. The summed E-state index contributed by atoms with van der Waals surface area (Å²) in [5.74, 6) is -2.95. The molecule has 10 nitrogen and oxygen atoms in total. The van der Waals surface area contributed by atoms with E-state index in [1.165, 1.54) is 19.1 Å². The number of aliphatic hydroxyl groups is 2.